The van der Waals surface area contributed by atoms with Gasteiger partial charge >= 0.3 is 0 Å². The number of allylic oxidation sites excluding steroid dienone is 2. The molecule has 4 fully saturated rings. The molecule has 26 heavy (non-hydrogen) atoms. The SMILES string of the molecule is Oc1ccc(C/C=C2/C3C[C@@H]4C[C@H](C3)CC2(c2ccc(O)cc2)C4)cc1. The molecule has 6 rings (SSSR count). The van der Waals surface area contributed by atoms with Gasteiger partial charge in [-0.25, -0.2) is 0 Å². The minimum Gasteiger partial charge on any atom is -0.508 e. The van der Waals surface area contributed by atoms with Gasteiger partial charge in [-0.15, -0.1) is 0 Å². The minimum absolute atomic E-state index is 0.180. The fourth-order valence-corrected chi connectivity index (χ4v) is 6.25. The summed E-state index contributed by atoms with van der Waals surface area (Å²) < 4.78 is 0. The van der Waals surface area contributed by atoms with Crippen LogP contribution in [0.15, 0.2) is 60.2 Å². The van der Waals surface area contributed by atoms with Crippen LogP contribution in [-0.4, -0.2) is 10.2 Å². The summed E-state index contributed by atoms with van der Waals surface area (Å²) in [6.07, 6.45) is 10.1. The summed E-state index contributed by atoms with van der Waals surface area (Å²) in [5, 5.41) is 19.3. The number of phenolic OH excluding ortho intramolecular Hbond substituents is 2. The number of phenols is 2. The average Bonchev–Trinajstić information content (AvgIpc) is 2.62. The highest BCUT2D eigenvalue weighted by Gasteiger charge is 2.54. The lowest BCUT2D eigenvalue weighted by atomic mass is 9.45. The van der Waals surface area contributed by atoms with Gasteiger partial charge in [0.1, 0.15) is 11.5 Å². The van der Waals surface area contributed by atoms with Crippen LogP contribution >= 0.6 is 0 Å². The highest BCUT2D eigenvalue weighted by molar-refractivity contribution is 5.44. The second kappa shape index (κ2) is 5.90. The van der Waals surface area contributed by atoms with Crippen molar-refractivity contribution < 1.29 is 10.2 Å². The van der Waals surface area contributed by atoms with E-state index in [1.165, 1.54) is 43.2 Å². The summed E-state index contributed by atoms with van der Waals surface area (Å²) >= 11 is 0. The number of hydrogen-bond donors (Lipinski definition) is 2. The largest absolute Gasteiger partial charge is 0.508 e. The lowest BCUT2D eigenvalue weighted by Gasteiger charge is -2.59. The second-order valence-corrected chi connectivity index (χ2v) is 8.70. The van der Waals surface area contributed by atoms with E-state index in [1.54, 1.807) is 17.7 Å². The Labute approximate surface area is 155 Å². The molecule has 0 amide bonds. The van der Waals surface area contributed by atoms with Crippen molar-refractivity contribution in [2.24, 2.45) is 17.8 Å². The van der Waals surface area contributed by atoms with Gasteiger partial charge in [0, 0.05) is 5.41 Å². The first-order chi connectivity index (χ1) is 12.6. The van der Waals surface area contributed by atoms with Crippen molar-refractivity contribution in [3.05, 3.63) is 71.3 Å². The first-order valence-electron chi connectivity index (χ1n) is 9.90. The van der Waals surface area contributed by atoms with Crippen LogP contribution in [0.25, 0.3) is 0 Å². The number of aromatic hydroxyl groups is 2. The number of benzene rings is 2. The maximum atomic E-state index is 9.74. The number of rotatable bonds is 3. The predicted molar refractivity (Wildman–Crippen MR) is 103 cm³/mol. The average molecular weight is 346 g/mol. The second-order valence-electron chi connectivity index (χ2n) is 8.70. The van der Waals surface area contributed by atoms with E-state index in [-0.39, 0.29) is 5.41 Å². The monoisotopic (exact) mass is 346 g/mol. The Morgan fingerprint density at radius 3 is 2.00 bits per heavy atom. The van der Waals surface area contributed by atoms with Crippen molar-refractivity contribution in [3.8, 4) is 11.5 Å². The van der Waals surface area contributed by atoms with Crippen LogP contribution in [0.5, 0.6) is 11.5 Å². The lowest BCUT2D eigenvalue weighted by molar-refractivity contribution is 0.0463. The molecule has 2 unspecified atom stereocenters. The third kappa shape index (κ3) is 2.55. The van der Waals surface area contributed by atoms with Gasteiger partial charge in [-0.2, -0.15) is 0 Å². The van der Waals surface area contributed by atoms with E-state index in [4.69, 9.17) is 0 Å². The molecule has 2 N–H and O–H groups in total. The van der Waals surface area contributed by atoms with E-state index < -0.39 is 0 Å². The summed E-state index contributed by atoms with van der Waals surface area (Å²) in [4.78, 5) is 0. The van der Waals surface area contributed by atoms with E-state index in [9.17, 15) is 10.2 Å². The molecule has 0 aliphatic heterocycles. The first-order valence-corrected chi connectivity index (χ1v) is 9.90. The molecule has 0 heterocycles. The Morgan fingerprint density at radius 1 is 0.808 bits per heavy atom. The molecule has 0 spiro atoms. The van der Waals surface area contributed by atoms with Gasteiger partial charge < -0.3 is 10.2 Å². The third-order valence-electron chi connectivity index (χ3n) is 7.08. The molecule has 2 aromatic carbocycles. The smallest absolute Gasteiger partial charge is 0.115 e. The molecule has 0 aromatic heterocycles. The molecule has 134 valence electrons. The van der Waals surface area contributed by atoms with E-state index in [0.717, 1.165) is 24.2 Å². The van der Waals surface area contributed by atoms with E-state index in [1.807, 2.05) is 24.3 Å². The molecular weight excluding hydrogens is 320 g/mol. The zero-order valence-corrected chi connectivity index (χ0v) is 15.1. The van der Waals surface area contributed by atoms with Gasteiger partial charge in [-0.05, 0) is 91.7 Å². The maximum absolute atomic E-state index is 9.74. The summed E-state index contributed by atoms with van der Waals surface area (Å²) in [5.41, 5.74) is 4.47. The van der Waals surface area contributed by atoms with Crippen LogP contribution in [-0.2, 0) is 11.8 Å². The molecule has 4 bridgehead atoms. The van der Waals surface area contributed by atoms with Gasteiger partial charge in [0.25, 0.3) is 0 Å². The Balaban J connectivity index is 1.54. The quantitative estimate of drug-likeness (QED) is 0.736. The Bertz CT molecular complexity index is 818. The van der Waals surface area contributed by atoms with Crippen LogP contribution in [0, 0.1) is 17.8 Å². The van der Waals surface area contributed by atoms with Crippen molar-refractivity contribution in [2.45, 2.75) is 43.9 Å². The van der Waals surface area contributed by atoms with Crippen molar-refractivity contribution in [2.75, 3.05) is 0 Å². The third-order valence-corrected chi connectivity index (χ3v) is 7.08. The molecule has 0 saturated heterocycles. The minimum atomic E-state index is 0.180. The molecule has 4 saturated carbocycles. The maximum Gasteiger partial charge on any atom is 0.115 e. The van der Waals surface area contributed by atoms with Crippen molar-refractivity contribution in [1.82, 2.24) is 0 Å². The van der Waals surface area contributed by atoms with E-state index >= 15 is 0 Å². The predicted octanol–water partition coefficient (Wildman–Crippen LogP) is 5.34. The van der Waals surface area contributed by atoms with Crippen LogP contribution in [0.4, 0.5) is 0 Å². The Kier molecular flexibility index (Phi) is 3.63. The highest BCUT2D eigenvalue weighted by atomic mass is 16.3. The standard InChI is InChI=1S/C24H26O2/c25-21-6-1-16(2-7-21)3-10-23-19-12-17-11-18(13-19)15-24(23,14-17)20-4-8-22(26)9-5-20/h1-2,4-10,17-19,25-26H,3,11-15H2/b23-10-/t17-,18+,19?,24?. The fourth-order valence-electron chi connectivity index (χ4n) is 6.25. The topological polar surface area (TPSA) is 40.5 Å². The van der Waals surface area contributed by atoms with Gasteiger partial charge in [0.2, 0.25) is 0 Å². The zero-order valence-electron chi connectivity index (χ0n) is 15.1. The molecule has 4 aliphatic carbocycles. The molecule has 2 aromatic rings. The molecule has 2 nitrogen and oxygen atoms in total. The highest BCUT2D eigenvalue weighted by Crippen LogP contribution is 2.63. The Hall–Kier alpha value is -2.22. The summed E-state index contributed by atoms with van der Waals surface area (Å²) in [6, 6.07) is 15.6. The molecule has 2 heteroatoms. The van der Waals surface area contributed by atoms with Gasteiger partial charge in [0.15, 0.2) is 0 Å². The Morgan fingerprint density at radius 2 is 1.38 bits per heavy atom. The van der Waals surface area contributed by atoms with Crippen LogP contribution in [0.1, 0.15) is 43.2 Å². The fraction of sp³-hybridized carbons (Fsp3) is 0.417. The van der Waals surface area contributed by atoms with E-state index in [2.05, 4.69) is 18.2 Å². The van der Waals surface area contributed by atoms with Gasteiger partial charge in [-0.1, -0.05) is 35.9 Å². The normalized spacial score (nSPS) is 33.7. The van der Waals surface area contributed by atoms with Crippen LogP contribution in [0.3, 0.4) is 0 Å². The molecule has 4 atom stereocenters. The summed E-state index contributed by atoms with van der Waals surface area (Å²) in [5.74, 6) is 3.15. The molecule has 4 aliphatic rings. The van der Waals surface area contributed by atoms with Gasteiger partial charge in [-0.3, -0.25) is 0 Å². The van der Waals surface area contributed by atoms with Crippen LogP contribution < -0.4 is 0 Å². The van der Waals surface area contributed by atoms with Gasteiger partial charge in [0.05, 0.1) is 0 Å². The zero-order chi connectivity index (χ0) is 17.7. The van der Waals surface area contributed by atoms with Crippen molar-refractivity contribution in [1.29, 1.82) is 0 Å². The van der Waals surface area contributed by atoms with Crippen LogP contribution in [0.2, 0.25) is 0 Å². The lowest BCUT2D eigenvalue weighted by Crippen LogP contribution is -2.50. The molecular formula is C24H26O2. The van der Waals surface area contributed by atoms with Crippen molar-refractivity contribution >= 4 is 0 Å². The first kappa shape index (κ1) is 16.0. The number of hydrogen-bond acceptors (Lipinski definition) is 2. The summed E-state index contributed by atoms with van der Waals surface area (Å²) in [7, 11) is 0. The molecule has 0 radical (unpaired) electrons. The van der Waals surface area contributed by atoms with E-state index in [0.29, 0.717) is 11.5 Å². The van der Waals surface area contributed by atoms with Crippen molar-refractivity contribution in [3.63, 3.8) is 0 Å². The summed E-state index contributed by atoms with van der Waals surface area (Å²) in [6.45, 7) is 0.